The molecule has 0 aliphatic rings. The van der Waals surface area contributed by atoms with Crippen LogP contribution in [0.25, 0.3) is 72.4 Å². The van der Waals surface area contributed by atoms with Crippen LogP contribution in [0, 0.1) is 32.7 Å². The van der Waals surface area contributed by atoms with Crippen molar-refractivity contribution in [2.24, 2.45) is 0 Å². The van der Waals surface area contributed by atoms with Crippen LogP contribution in [-0.4, -0.2) is 14.5 Å². The molecular formula is C51H45IrN3O-2. The standard InChI is InChI=1S/C37H31N2O.C14H14N.Ir/c1-23(2)30-21-26(25-13-6-5-7-14-25)22-31(24(3)4)35(30)39-33-19-10-9-18-32(33)38-37(39)29-17-12-16-28-27-15-8-11-20-34(27)40-36(28)29;1-10-4-6-13(7-5-10)14-8-11(2)12(3)9-15-14;/h5-16,18-24H,1-4H3;4-6,8-9H,1-3H3;/q2*-1;/i;1D3,2D3,3D3;. The molecule has 0 saturated heterocycles. The minimum absolute atomic E-state index is 0. The summed E-state index contributed by atoms with van der Waals surface area (Å²) in [4.78, 5) is 9.23. The van der Waals surface area contributed by atoms with Crippen molar-refractivity contribution in [3.05, 3.63) is 174 Å². The molecule has 0 amide bonds. The Bertz CT molecular complexity index is 3100. The zero-order valence-corrected chi connectivity index (χ0v) is 33.8. The maximum atomic E-state index is 7.54. The number of aromatic nitrogens is 3. The van der Waals surface area contributed by atoms with Gasteiger partial charge in [0, 0.05) is 49.7 Å². The fourth-order valence-electron chi connectivity index (χ4n) is 7.08. The van der Waals surface area contributed by atoms with Crippen molar-refractivity contribution in [1.82, 2.24) is 14.5 Å². The second-order valence-electron chi connectivity index (χ2n) is 14.2. The molecule has 3 aromatic heterocycles. The number of imidazole rings is 1. The monoisotopic (exact) mass is 917 g/mol. The summed E-state index contributed by atoms with van der Waals surface area (Å²) in [5.74, 6) is 1.45. The van der Waals surface area contributed by atoms with Gasteiger partial charge in [-0.3, -0.25) is 4.98 Å². The van der Waals surface area contributed by atoms with Gasteiger partial charge in [-0.05, 0) is 89.4 Å². The summed E-state index contributed by atoms with van der Waals surface area (Å²) in [6.07, 6.45) is 1.02. The Morgan fingerprint density at radius 3 is 2.14 bits per heavy atom. The van der Waals surface area contributed by atoms with E-state index < -0.39 is 20.6 Å². The fraction of sp³-hybridized carbons (Fsp3) is 0.176. The Kier molecular flexibility index (Phi) is 8.34. The topological polar surface area (TPSA) is 43.9 Å². The Morgan fingerprint density at radius 1 is 0.696 bits per heavy atom. The molecule has 0 saturated carbocycles. The third kappa shape index (κ3) is 7.37. The van der Waals surface area contributed by atoms with Gasteiger partial charge in [0.05, 0.1) is 22.4 Å². The van der Waals surface area contributed by atoms with Crippen molar-refractivity contribution in [1.29, 1.82) is 0 Å². The van der Waals surface area contributed by atoms with Crippen LogP contribution in [0.2, 0.25) is 0 Å². The van der Waals surface area contributed by atoms with E-state index in [-0.39, 0.29) is 42.5 Å². The van der Waals surface area contributed by atoms with Gasteiger partial charge in [-0.2, -0.15) is 0 Å². The van der Waals surface area contributed by atoms with E-state index >= 15 is 0 Å². The predicted octanol–water partition coefficient (Wildman–Crippen LogP) is 13.8. The van der Waals surface area contributed by atoms with E-state index in [9.17, 15) is 0 Å². The number of benzene rings is 6. The number of aryl methyl sites for hydroxylation is 3. The molecule has 9 rings (SSSR count). The third-order valence-electron chi connectivity index (χ3n) is 9.86. The van der Waals surface area contributed by atoms with Crippen LogP contribution >= 0.6 is 0 Å². The van der Waals surface area contributed by atoms with Gasteiger partial charge < -0.3 is 14.0 Å². The number of para-hydroxylation sites is 3. The summed E-state index contributed by atoms with van der Waals surface area (Å²) < 4.78 is 75.7. The first-order valence-corrected chi connectivity index (χ1v) is 18.4. The number of fused-ring (bicyclic) bond motifs is 4. The van der Waals surface area contributed by atoms with Gasteiger partial charge in [-0.15, -0.1) is 53.6 Å². The molecule has 3 heterocycles. The molecular weight excluding hydrogens is 863 g/mol. The van der Waals surface area contributed by atoms with E-state index in [0.29, 0.717) is 17.4 Å². The summed E-state index contributed by atoms with van der Waals surface area (Å²) in [5, 5.41) is 2.18. The molecule has 5 heteroatoms. The van der Waals surface area contributed by atoms with Crippen LogP contribution in [0.1, 0.15) is 79.7 Å². The zero-order chi connectivity index (χ0) is 45.7. The predicted molar refractivity (Wildman–Crippen MR) is 229 cm³/mol. The molecule has 0 bridgehead atoms. The maximum Gasteiger partial charge on any atom is 0.120 e. The second-order valence-corrected chi connectivity index (χ2v) is 14.2. The molecule has 281 valence electrons. The normalized spacial score (nSPS) is 14.4. The first-order valence-electron chi connectivity index (χ1n) is 22.9. The Balaban J connectivity index is 0.000000217. The van der Waals surface area contributed by atoms with Crippen molar-refractivity contribution < 1.29 is 36.9 Å². The average Bonchev–Trinajstić information content (AvgIpc) is 3.84. The van der Waals surface area contributed by atoms with Crippen molar-refractivity contribution in [2.75, 3.05) is 0 Å². The van der Waals surface area contributed by atoms with Crippen LogP contribution in [-0.2, 0) is 20.1 Å². The second kappa shape index (κ2) is 16.2. The first-order chi connectivity index (χ1) is 30.3. The number of rotatable bonds is 6. The molecule has 0 atom stereocenters. The van der Waals surface area contributed by atoms with Crippen molar-refractivity contribution in [2.45, 2.75) is 60.1 Å². The molecule has 6 aromatic carbocycles. The van der Waals surface area contributed by atoms with Gasteiger partial charge in [-0.25, -0.2) is 0 Å². The van der Waals surface area contributed by atoms with Gasteiger partial charge in [0.25, 0.3) is 0 Å². The molecule has 0 aliphatic heterocycles. The molecule has 0 spiro atoms. The van der Waals surface area contributed by atoms with Gasteiger partial charge >= 0.3 is 0 Å². The number of hydrogen-bond donors (Lipinski definition) is 0. The molecule has 0 N–H and O–H groups in total. The van der Waals surface area contributed by atoms with Crippen molar-refractivity contribution >= 4 is 33.0 Å². The maximum absolute atomic E-state index is 7.54. The minimum atomic E-state index is -2.61. The molecule has 4 nitrogen and oxygen atoms in total. The van der Waals surface area contributed by atoms with Crippen molar-refractivity contribution in [3.8, 4) is 39.5 Å². The van der Waals surface area contributed by atoms with Gasteiger partial charge in [0.1, 0.15) is 5.58 Å². The summed E-state index contributed by atoms with van der Waals surface area (Å²) in [6, 6.07) is 47.7. The summed E-state index contributed by atoms with van der Waals surface area (Å²) in [6.45, 7) is 1.65. The smallest absolute Gasteiger partial charge is 0.120 e. The number of furan rings is 1. The fourth-order valence-corrected chi connectivity index (χ4v) is 7.08. The van der Waals surface area contributed by atoms with Crippen LogP contribution in [0.4, 0.5) is 0 Å². The van der Waals surface area contributed by atoms with Crippen LogP contribution in [0.5, 0.6) is 0 Å². The Labute approximate surface area is 356 Å². The molecule has 0 fully saturated rings. The number of nitrogens with zero attached hydrogens (tertiary/aromatic N) is 3. The zero-order valence-electron chi connectivity index (χ0n) is 40.4. The minimum Gasteiger partial charge on any atom is -0.501 e. The first kappa shape index (κ1) is 28.7. The van der Waals surface area contributed by atoms with E-state index in [1.165, 1.54) is 52.2 Å². The summed E-state index contributed by atoms with van der Waals surface area (Å²) >= 11 is 0. The van der Waals surface area contributed by atoms with Gasteiger partial charge in [0.2, 0.25) is 0 Å². The molecule has 1 radical (unpaired) electrons. The van der Waals surface area contributed by atoms with Gasteiger partial charge in [-0.1, -0.05) is 118 Å². The largest absolute Gasteiger partial charge is 0.501 e. The molecule has 56 heavy (non-hydrogen) atoms. The van der Waals surface area contributed by atoms with Gasteiger partial charge in [0.15, 0.2) is 0 Å². The molecule has 9 aromatic rings. The van der Waals surface area contributed by atoms with Crippen molar-refractivity contribution in [3.63, 3.8) is 0 Å². The average molecular weight is 917 g/mol. The van der Waals surface area contributed by atoms with E-state index in [2.05, 4.69) is 134 Å². The van der Waals surface area contributed by atoms with Crippen LogP contribution in [0.3, 0.4) is 0 Å². The van der Waals surface area contributed by atoms with E-state index in [4.69, 9.17) is 21.7 Å². The van der Waals surface area contributed by atoms with E-state index in [0.717, 1.165) is 50.6 Å². The number of pyridine rings is 1. The SMILES string of the molecule is CC(C)c1cc(-c2ccccc2)cc(C(C)C)c1-n1c(-c2[c-]ccc3c2oc2ccccc23)nc2ccccc21.[2H]C([2H])([2H])c1c[c-]c(-c2cc(C([2H])([2H])[2H])c(C([2H])([2H])[2H])cn2)cc1.[Ir]. The van der Waals surface area contributed by atoms with Crippen LogP contribution < -0.4 is 0 Å². The molecule has 0 aliphatic carbocycles. The summed E-state index contributed by atoms with van der Waals surface area (Å²) in [7, 11) is 0. The Hall–Kier alpha value is -5.61. The summed E-state index contributed by atoms with van der Waals surface area (Å²) in [5.41, 5.74) is 10.9. The third-order valence-corrected chi connectivity index (χ3v) is 9.86. The molecule has 0 unspecified atom stereocenters. The Morgan fingerprint density at radius 2 is 1.43 bits per heavy atom. The van der Waals surface area contributed by atoms with Crippen LogP contribution in [0.15, 0.2) is 138 Å². The van der Waals surface area contributed by atoms with E-state index in [1.807, 2.05) is 18.2 Å². The number of hydrogen-bond acceptors (Lipinski definition) is 3. The quantitative estimate of drug-likeness (QED) is 0.156. The van der Waals surface area contributed by atoms with E-state index in [1.54, 1.807) is 0 Å².